The Labute approximate surface area is 212 Å². The molecule has 0 N–H and O–H groups in total. The van der Waals surface area contributed by atoms with Crippen LogP contribution in [0.25, 0.3) is 21.5 Å². The summed E-state index contributed by atoms with van der Waals surface area (Å²) in [5.74, 6) is 0. The van der Waals surface area contributed by atoms with Crippen LogP contribution in [0.5, 0.6) is 0 Å². The summed E-state index contributed by atoms with van der Waals surface area (Å²) in [6.45, 7) is 8.00. The van der Waals surface area contributed by atoms with Gasteiger partial charge in [-0.25, -0.2) is 8.42 Å². The highest BCUT2D eigenvalue weighted by atomic mass is 32.2. The summed E-state index contributed by atoms with van der Waals surface area (Å²) in [5.41, 5.74) is 0. The summed E-state index contributed by atoms with van der Waals surface area (Å²) in [4.78, 5) is 0. The van der Waals surface area contributed by atoms with Crippen molar-refractivity contribution in [2.24, 2.45) is 0 Å². The van der Waals surface area contributed by atoms with Crippen LogP contribution in [0.15, 0.2) is 97.1 Å². The molecule has 0 unspecified atom stereocenters. The molecule has 0 radical (unpaired) electrons. The molecule has 5 nitrogen and oxygen atoms in total. The van der Waals surface area contributed by atoms with Crippen molar-refractivity contribution in [2.45, 2.75) is 27.7 Å². The third-order valence-corrected chi connectivity index (χ3v) is 4.23. The van der Waals surface area contributed by atoms with Gasteiger partial charge in [0.25, 0.3) is 10.1 Å². The summed E-state index contributed by atoms with van der Waals surface area (Å²) in [7, 11) is -4.71. The van der Waals surface area contributed by atoms with Gasteiger partial charge in [-0.15, -0.1) is 0 Å². The number of rotatable bonds is 1. The van der Waals surface area contributed by atoms with Crippen molar-refractivity contribution in [3.63, 3.8) is 0 Å². The van der Waals surface area contributed by atoms with Crippen molar-refractivity contribution < 1.29 is 21.0 Å². The maximum atomic E-state index is 9.78. The molecule has 4 aromatic rings. The average molecular weight is 521 g/mol. The predicted molar refractivity (Wildman–Crippen MR) is 153 cm³/mol. The molecule has 4 aromatic carbocycles. The lowest BCUT2D eigenvalue weighted by Crippen LogP contribution is -1.95. The molecule has 0 aliphatic rings. The van der Waals surface area contributed by atoms with Gasteiger partial charge in [0.15, 0.2) is 0 Å². The number of sulfone groups is 1. The van der Waals surface area contributed by atoms with Gasteiger partial charge in [0.05, 0.1) is 13.4 Å². The van der Waals surface area contributed by atoms with Gasteiger partial charge in [0.2, 0.25) is 0 Å². The fraction of sp³-hybridized carbons (Fsp3) is 0.286. The molecule has 0 aromatic heterocycles. The van der Waals surface area contributed by atoms with Gasteiger partial charge in [-0.2, -0.15) is 8.42 Å². The van der Waals surface area contributed by atoms with Gasteiger partial charge in [0, 0.05) is 12.5 Å². The Morgan fingerprint density at radius 3 is 0.657 bits per heavy atom. The highest BCUT2D eigenvalue weighted by molar-refractivity contribution is 7.89. The summed E-state index contributed by atoms with van der Waals surface area (Å²) >= 11 is 0. The lowest BCUT2D eigenvalue weighted by Gasteiger charge is -1.92. The van der Waals surface area contributed by atoms with E-state index in [1.807, 2.05) is 27.7 Å². The third-order valence-electron chi connectivity index (χ3n) is 3.62. The van der Waals surface area contributed by atoms with Crippen LogP contribution < -0.4 is 0 Å². The van der Waals surface area contributed by atoms with Crippen LogP contribution in [-0.4, -0.2) is 42.7 Å². The van der Waals surface area contributed by atoms with Crippen LogP contribution in [0.3, 0.4) is 0 Å². The summed E-state index contributed by atoms with van der Waals surface area (Å²) in [6, 6.07) is 33.4. The molecule has 7 heteroatoms. The molecule has 0 aliphatic heterocycles. The van der Waals surface area contributed by atoms with Crippen molar-refractivity contribution in [3.05, 3.63) is 97.1 Å². The van der Waals surface area contributed by atoms with E-state index in [9.17, 15) is 16.8 Å². The van der Waals surface area contributed by atoms with Gasteiger partial charge in [-0.1, -0.05) is 125 Å². The maximum Gasteiger partial charge on any atom is 0.264 e. The largest absolute Gasteiger partial charge is 0.274 e. The van der Waals surface area contributed by atoms with E-state index in [0.29, 0.717) is 0 Å². The van der Waals surface area contributed by atoms with Gasteiger partial charge in [-0.3, -0.25) is 4.18 Å². The molecule has 194 valence electrons. The van der Waals surface area contributed by atoms with Crippen molar-refractivity contribution in [3.8, 4) is 0 Å². The lowest BCUT2D eigenvalue weighted by atomic mass is 10.1. The fourth-order valence-electron chi connectivity index (χ4n) is 2.27. The highest BCUT2D eigenvalue weighted by Crippen LogP contribution is 2.12. The zero-order valence-electron chi connectivity index (χ0n) is 22.1. The van der Waals surface area contributed by atoms with Gasteiger partial charge in [-0.05, 0) is 21.5 Å². The minimum Gasteiger partial charge on any atom is -0.274 e. The normalized spacial score (nSPS) is 9.71. The topological polar surface area (TPSA) is 77.5 Å². The lowest BCUT2D eigenvalue weighted by molar-refractivity contribution is 0.403. The van der Waals surface area contributed by atoms with E-state index in [-0.39, 0.29) is 0 Å². The number of hydrogen-bond donors (Lipinski definition) is 0. The second kappa shape index (κ2) is 19.6. The first-order valence-corrected chi connectivity index (χ1v) is 15.4. The Hall–Kier alpha value is -2.74. The number of hydrogen-bond acceptors (Lipinski definition) is 5. The van der Waals surface area contributed by atoms with Gasteiger partial charge >= 0.3 is 0 Å². The van der Waals surface area contributed by atoms with Gasteiger partial charge in [0.1, 0.15) is 9.84 Å². The molecule has 0 aliphatic carbocycles. The van der Waals surface area contributed by atoms with Crippen LogP contribution in [0.2, 0.25) is 0 Å². The minimum atomic E-state index is -3.16. The average Bonchev–Trinajstić information content (AvgIpc) is 2.86. The van der Waals surface area contributed by atoms with Crippen LogP contribution in [0, 0.1) is 0 Å². The number of fused-ring (bicyclic) bond motifs is 2. The molecule has 35 heavy (non-hydrogen) atoms. The molecule has 0 saturated carbocycles. The van der Waals surface area contributed by atoms with Crippen LogP contribution in [0.4, 0.5) is 0 Å². The van der Waals surface area contributed by atoms with E-state index in [1.165, 1.54) is 21.5 Å². The molecular weight excluding hydrogens is 480 g/mol. The van der Waals surface area contributed by atoms with Crippen LogP contribution in [-0.2, 0) is 24.1 Å². The van der Waals surface area contributed by atoms with Gasteiger partial charge < -0.3 is 0 Å². The Bertz CT molecular complexity index is 1070. The van der Waals surface area contributed by atoms with Crippen molar-refractivity contribution >= 4 is 41.5 Å². The molecule has 0 atom stereocenters. The standard InChI is InChI=1S/2C10H8.C2H6O3S.C2H6O2S.2C2H6/c2*1-2-6-10-8-4-3-7-9(10)5-1;1-5-6(2,3)4;1-5(2,3)4;2*1-2/h2*1-8H;1-2H3;1-2H3;2*1-2H3. The van der Waals surface area contributed by atoms with Crippen LogP contribution in [0.1, 0.15) is 27.7 Å². The monoisotopic (exact) mass is 520 g/mol. The van der Waals surface area contributed by atoms with E-state index in [1.54, 1.807) is 0 Å². The van der Waals surface area contributed by atoms with Crippen molar-refractivity contribution in [2.75, 3.05) is 25.9 Å². The SMILES string of the molecule is CC.CC.COS(C)(=O)=O.CS(C)(=O)=O.c1ccc2ccccc2c1.c1ccc2ccccc2c1. The smallest absolute Gasteiger partial charge is 0.264 e. The first-order valence-electron chi connectivity index (χ1n) is 11.3. The van der Waals surface area contributed by atoms with E-state index in [4.69, 9.17) is 0 Å². The fourth-order valence-corrected chi connectivity index (χ4v) is 2.27. The second-order valence-corrected chi connectivity index (χ2v) is 10.7. The minimum absolute atomic E-state index is 0.993. The Kier molecular flexibility index (Phi) is 19.2. The quantitative estimate of drug-likeness (QED) is 0.253. The molecule has 0 heterocycles. The van der Waals surface area contributed by atoms with Crippen molar-refractivity contribution in [1.82, 2.24) is 0 Å². The second-order valence-electron chi connectivity index (χ2n) is 6.71. The van der Waals surface area contributed by atoms with E-state index in [0.717, 1.165) is 25.9 Å². The zero-order valence-corrected chi connectivity index (χ0v) is 23.7. The molecule has 0 saturated heterocycles. The van der Waals surface area contributed by atoms with E-state index < -0.39 is 20.0 Å². The van der Waals surface area contributed by atoms with Crippen molar-refractivity contribution in [1.29, 1.82) is 0 Å². The predicted octanol–water partition coefficient (Wildman–Crippen LogP) is 6.99. The summed E-state index contributed by atoms with van der Waals surface area (Å²) in [6.07, 6.45) is 3.31. The Morgan fingerprint density at radius 2 is 0.571 bits per heavy atom. The Morgan fingerprint density at radius 1 is 0.457 bits per heavy atom. The Balaban J connectivity index is 0. The van der Waals surface area contributed by atoms with E-state index in [2.05, 4.69) is 101 Å². The number of benzene rings is 4. The molecule has 4 rings (SSSR count). The van der Waals surface area contributed by atoms with E-state index >= 15 is 0 Å². The molecule has 0 spiro atoms. The molecule has 0 bridgehead atoms. The zero-order chi connectivity index (χ0) is 27.3. The maximum absolute atomic E-state index is 9.78. The molecular formula is C28H40O5S2. The first-order chi connectivity index (χ1) is 16.5. The highest BCUT2D eigenvalue weighted by Gasteiger charge is 1.90. The molecule has 0 amide bonds. The summed E-state index contributed by atoms with van der Waals surface area (Å²) < 4.78 is 42.7. The van der Waals surface area contributed by atoms with Crippen LogP contribution >= 0.6 is 0 Å². The first kappa shape index (κ1) is 34.4. The molecule has 0 fully saturated rings. The third kappa shape index (κ3) is 20.4. The summed E-state index contributed by atoms with van der Waals surface area (Å²) in [5, 5.41) is 5.24.